The lowest BCUT2D eigenvalue weighted by atomic mass is 10.0. The molecule has 3 N–H and O–H groups in total. The summed E-state index contributed by atoms with van der Waals surface area (Å²) in [6.45, 7) is 5.15. The number of rotatable bonds is 3. The molecular formula is C20H22F3N3O4. The maximum absolute atomic E-state index is 12.4. The molecule has 1 aromatic carbocycles. The lowest BCUT2D eigenvalue weighted by Gasteiger charge is -2.27. The number of pyridine rings is 1. The monoisotopic (exact) mass is 425 g/mol. The summed E-state index contributed by atoms with van der Waals surface area (Å²) in [5.41, 5.74) is 3.26. The molecule has 0 aliphatic carbocycles. The first kappa shape index (κ1) is 23.1. The zero-order valence-corrected chi connectivity index (χ0v) is 16.2. The summed E-state index contributed by atoms with van der Waals surface area (Å²) < 4.78 is 31.7. The SMILES string of the molecule is CCc1cc(-c2ccc(C(=O)N3CCNCC3)cn2)ccc1O.O=C(O)C(F)(F)F. The van der Waals surface area contributed by atoms with Gasteiger partial charge in [0.1, 0.15) is 5.75 Å². The van der Waals surface area contributed by atoms with Crippen LogP contribution >= 0.6 is 0 Å². The molecule has 0 bridgehead atoms. The average Bonchev–Trinajstić information content (AvgIpc) is 2.74. The fraction of sp³-hybridized carbons (Fsp3) is 0.350. The minimum atomic E-state index is -5.08. The van der Waals surface area contributed by atoms with Crippen molar-refractivity contribution in [2.24, 2.45) is 0 Å². The van der Waals surface area contributed by atoms with E-state index in [2.05, 4.69) is 10.3 Å². The predicted molar refractivity (Wildman–Crippen MR) is 103 cm³/mol. The Kier molecular flexibility index (Phi) is 7.76. The van der Waals surface area contributed by atoms with Gasteiger partial charge in [-0.3, -0.25) is 9.78 Å². The minimum Gasteiger partial charge on any atom is -0.508 e. The first-order valence-electron chi connectivity index (χ1n) is 9.22. The molecule has 1 amide bonds. The van der Waals surface area contributed by atoms with Crippen molar-refractivity contribution in [1.29, 1.82) is 0 Å². The Morgan fingerprint density at radius 3 is 2.30 bits per heavy atom. The van der Waals surface area contributed by atoms with Crippen LogP contribution in [0.25, 0.3) is 11.3 Å². The summed E-state index contributed by atoms with van der Waals surface area (Å²) in [6, 6.07) is 9.16. The van der Waals surface area contributed by atoms with E-state index in [1.165, 1.54) is 0 Å². The number of nitrogens with one attached hydrogen (secondary N) is 1. The van der Waals surface area contributed by atoms with Crippen molar-refractivity contribution < 1.29 is 33.0 Å². The van der Waals surface area contributed by atoms with Gasteiger partial charge in [-0.15, -0.1) is 0 Å². The molecule has 0 spiro atoms. The zero-order chi connectivity index (χ0) is 22.3. The van der Waals surface area contributed by atoms with Gasteiger partial charge in [0, 0.05) is 37.9 Å². The highest BCUT2D eigenvalue weighted by Crippen LogP contribution is 2.25. The van der Waals surface area contributed by atoms with Crippen molar-refractivity contribution in [2.45, 2.75) is 19.5 Å². The van der Waals surface area contributed by atoms with E-state index in [0.717, 1.165) is 49.4 Å². The number of aromatic hydroxyl groups is 1. The van der Waals surface area contributed by atoms with E-state index >= 15 is 0 Å². The molecule has 10 heteroatoms. The molecule has 162 valence electrons. The number of phenols is 1. The summed E-state index contributed by atoms with van der Waals surface area (Å²) >= 11 is 0. The third kappa shape index (κ3) is 6.18. The van der Waals surface area contributed by atoms with Crippen LogP contribution in [0.5, 0.6) is 5.75 Å². The van der Waals surface area contributed by atoms with E-state index in [1.807, 2.05) is 36.1 Å². The number of aliphatic carboxylic acids is 1. The van der Waals surface area contributed by atoms with Crippen LogP contribution in [0.2, 0.25) is 0 Å². The van der Waals surface area contributed by atoms with Gasteiger partial charge in [0.15, 0.2) is 0 Å². The molecule has 7 nitrogen and oxygen atoms in total. The van der Waals surface area contributed by atoms with Crippen LogP contribution in [-0.2, 0) is 11.2 Å². The Labute approximate surface area is 171 Å². The van der Waals surface area contributed by atoms with Crippen LogP contribution in [0.4, 0.5) is 13.2 Å². The van der Waals surface area contributed by atoms with E-state index in [-0.39, 0.29) is 5.91 Å². The van der Waals surface area contributed by atoms with Gasteiger partial charge in [-0.25, -0.2) is 4.79 Å². The molecule has 2 aromatic rings. The standard InChI is InChI=1S/C18H21N3O2.C2HF3O2/c1-2-13-11-14(4-6-17(13)22)16-5-3-15(12-20-16)18(23)21-9-7-19-8-10-21;3-2(4,5)1(6)7/h3-6,11-12,19,22H,2,7-10H2,1H3;(H,6,7). The predicted octanol–water partition coefficient (Wildman–Crippen LogP) is 2.70. The van der Waals surface area contributed by atoms with E-state index in [4.69, 9.17) is 9.90 Å². The highest BCUT2D eigenvalue weighted by atomic mass is 19.4. The number of piperazine rings is 1. The number of carbonyl (C=O) groups excluding carboxylic acids is 1. The van der Waals surface area contributed by atoms with Gasteiger partial charge in [0.05, 0.1) is 11.3 Å². The Hall–Kier alpha value is -3.14. The van der Waals surface area contributed by atoms with Gasteiger partial charge in [0.25, 0.3) is 5.91 Å². The molecule has 0 unspecified atom stereocenters. The first-order valence-corrected chi connectivity index (χ1v) is 9.22. The van der Waals surface area contributed by atoms with Crippen molar-refractivity contribution >= 4 is 11.9 Å². The number of amides is 1. The molecule has 1 aliphatic heterocycles. The lowest BCUT2D eigenvalue weighted by molar-refractivity contribution is -0.192. The number of benzene rings is 1. The second-order valence-electron chi connectivity index (χ2n) is 6.47. The molecule has 30 heavy (non-hydrogen) atoms. The number of hydrogen-bond donors (Lipinski definition) is 3. The number of phenolic OH excluding ortho intramolecular Hbond substituents is 1. The molecule has 0 radical (unpaired) electrons. The Balaban J connectivity index is 0.000000396. The highest BCUT2D eigenvalue weighted by molar-refractivity contribution is 5.94. The maximum Gasteiger partial charge on any atom is 0.490 e. The lowest BCUT2D eigenvalue weighted by Crippen LogP contribution is -2.46. The number of carboxylic acids is 1. The van der Waals surface area contributed by atoms with Crippen LogP contribution in [0, 0.1) is 0 Å². The number of nitrogens with zero attached hydrogens (tertiary/aromatic N) is 2. The van der Waals surface area contributed by atoms with Gasteiger partial charge < -0.3 is 20.4 Å². The van der Waals surface area contributed by atoms with Gasteiger partial charge in [-0.2, -0.15) is 13.2 Å². The number of alkyl halides is 3. The van der Waals surface area contributed by atoms with Gasteiger partial charge in [0.2, 0.25) is 0 Å². The summed E-state index contributed by atoms with van der Waals surface area (Å²) in [5, 5.41) is 20.1. The quantitative estimate of drug-likeness (QED) is 0.699. The van der Waals surface area contributed by atoms with Gasteiger partial charge >= 0.3 is 12.1 Å². The number of carboxylic acid groups (broad SMARTS) is 1. The number of halogens is 3. The smallest absolute Gasteiger partial charge is 0.490 e. The second kappa shape index (κ2) is 10.1. The topological polar surface area (TPSA) is 103 Å². The van der Waals surface area contributed by atoms with Crippen molar-refractivity contribution in [3.63, 3.8) is 0 Å². The average molecular weight is 425 g/mol. The fourth-order valence-electron chi connectivity index (χ4n) is 2.77. The molecule has 3 rings (SSSR count). The molecule has 1 saturated heterocycles. The molecular weight excluding hydrogens is 403 g/mol. The van der Waals surface area contributed by atoms with Crippen molar-refractivity contribution in [2.75, 3.05) is 26.2 Å². The van der Waals surface area contributed by atoms with Crippen molar-refractivity contribution in [3.8, 4) is 17.0 Å². The van der Waals surface area contributed by atoms with E-state index in [9.17, 15) is 23.1 Å². The molecule has 1 aliphatic rings. The highest BCUT2D eigenvalue weighted by Gasteiger charge is 2.38. The third-order valence-corrected chi connectivity index (χ3v) is 4.41. The Morgan fingerprint density at radius 1 is 1.17 bits per heavy atom. The summed E-state index contributed by atoms with van der Waals surface area (Å²) in [4.78, 5) is 27.6. The molecule has 0 atom stereocenters. The van der Waals surface area contributed by atoms with E-state index in [0.29, 0.717) is 11.3 Å². The minimum absolute atomic E-state index is 0.0329. The zero-order valence-electron chi connectivity index (χ0n) is 16.2. The fourth-order valence-corrected chi connectivity index (χ4v) is 2.77. The van der Waals surface area contributed by atoms with Crippen molar-refractivity contribution in [1.82, 2.24) is 15.2 Å². The third-order valence-electron chi connectivity index (χ3n) is 4.41. The number of aryl methyl sites for hydroxylation is 1. The maximum atomic E-state index is 12.4. The molecule has 1 fully saturated rings. The van der Waals surface area contributed by atoms with Crippen molar-refractivity contribution in [3.05, 3.63) is 47.7 Å². The van der Waals surface area contributed by atoms with Crippen LogP contribution < -0.4 is 5.32 Å². The largest absolute Gasteiger partial charge is 0.508 e. The molecule has 2 heterocycles. The van der Waals surface area contributed by atoms with Gasteiger partial charge in [-0.05, 0) is 42.3 Å². The first-order chi connectivity index (χ1) is 14.1. The Bertz CT molecular complexity index is 880. The second-order valence-corrected chi connectivity index (χ2v) is 6.47. The van der Waals surface area contributed by atoms with Crippen LogP contribution in [0.15, 0.2) is 36.5 Å². The van der Waals surface area contributed by atoms with Crippen LogP contribution in [-0.4, -0.2) is 64.3 Å². The summed E-state index contributed by atoms with van der Waals surface area (Å²) in [7, 11) is 0. The summed E-state index contributed by atoms with van der Waals surface area (Å²) in [6.07, 6.45) is -2.68. The number of carbonyl (C=O) groups is 2. The number of aromatic nitrogens is 1. The summed E-state index contributed by atoms with van der Waals surface area (Å²) in [5.74, 6) is -2.42. The van der Waals surface area contributed by atoms with E-state index in [1.54, 1.807) is 12.3 Å². The van der Waals surface area contributed by atoms with Gasteiger partial charge in [-0.1, -0.05) is 6.92 Å². The number of hydrogen-bond acceptors (Lipinski definition) is 5. The van der Waals surface area contributed by atoms with Crippen LogP contribution in [0.1, 0.15) is 22.8 Å². The Morgan fingerprint density at radius 2 is 1.80 bits per heavy atom. The molecule has 0 saturated carbocycles. The van der Waals surface area contributed by atoms with Crippen LogP contribution in [0.3, 0.4) is 0 Å². The van der Waals surface area contributed by atoms with E-state index < -0.39 is 12.1 Å². The normalized spacial score (nSPS) is 13.9. The molecule has 1 aromatic heterocycles.